The van der Waals surface area contributed by atoms with Gasteiger partial charge in [-0.05, 0) is 51.3 Å². The maximum atomic E-state index is 12.9. The van der Waals surface area contributed by atoms with Crippen molar-refractivity contribution >= 4 is 29.1 Å². The smallest absolute Gasteiger partial charge is 0.256 e. The summed E-state index contributed by atoms with van der Waals surface area (Å²) >= 11 is 0. The second-order valence-corrected chi connectivity index (χ2v) is 9.64. The summed E-state index contributed by atoms with van der Waals surface area (Å²) in [5.41, 5.74) is 1.72. The topological polar surface area (TPSA) is 103 Å². The Balaban J connectivity index is 1.57. The van der Waals surface area contributed by atoms with E-state index in [1.807, 2.05) is 19.1 Å². The molecule has 0 saturated carbocycles. The lowest BCUT2D eigenvalue weighted by atomic mass is 9.95. The van der Waals surface area contributed by atoms with E-state index in [1.54, 1.807) is 61.6 Å². The van der Waals surface area contributed by atoms with Gasteiger partial charge < -0.3 is 20.2 Å². The summed E-state index contributed by atoms with van der Waals surface area (Å²) in [5.74, 6) is 1.18. The molecule has 0 spiro atoms. The third-order valence-electron chi connectivity index (χ3n) is 6.23. The van der Waals surface area contributed by atoms with Crippen molar-refractivity contribution < 1.29 is 14.7 Å². The number of aromatic nitrogens is 3. The molecule has 0 atom stereocenters. The van der Waals surface area contributed by atoms with E-state index in [9.17, 15) is 14.7 Å². The lowest BCUT2D eigenvalue weighted by Gasteiger charge is -2.34. The van der Waals surface area contributed by atoms with Gasteiger partial charge >= 0.3 is 0 Å². The van der Waals surface area contributed by atoms with Crippen molar-refractivity contribution in [1.29, 1.82) is 0 Å². The number of carbonyl (C=O) groups is 2. The van der Waals surface area contributed by atoms with Crippen LogP contribution in [0, 0.1) is 12.8 Å². The number of rotatable bonds is 5. The molecular formula is C25H32N6O3. The number of amides is 2. The molecule has 0 unspecified atom stereocenters. The van der Waals surface area contributed by atoms with Crippen LogP contribution in [0.15, 0.2) is 36.4 Å². The van der Waals surface area contributed by atoms with Crippen molar-refractivity contribution in [2.75, 3.05) is 37.4 Å². The number of hydrogen-bond donors (Lipinski definition) is 2. The summed E-state index contributed by atoms with van der Waals surface area (Å²) in [6.45, 7) is 6.75. The number of nitrogens with zero attached hydrogens (tertiary/aromatic N) is 5. The molecule has 0 aliphatic carbocycles. The summed E-state index contributed by atoms with van der Waals surface area (Å²) < 4.78 is 1.79. The Morgan fingerprint density at radius 3 is 2.35 bits per heavy atom. The fraction of sp³-hybridized carbons (Fsp3) is 0.440. The van der Waals surface area contributed by atoms with Gasteiger partial charge in [-0.15, -0.1) is 0 Å². The number of benzene rings is 1. The summed E-state index contributed by atoms with van der Waals surface area (Å²) in [7, 11) is 3.58. The van der Waals surface area contributed by atoms with E-state index in [4.69, 9.17) is 0 Å². The number of fused-ring (bicyclic) bond motifs is 1. The molecule has 1 aliphatic rings. The molecule has 1 saturated heterocycles. The first-order valence-electron chi connectivity index (χ1n) is 11.5. The second kappa shape index (κ2) is 9.06. The number of anilines is 2. The molecule has 2 aromatic heterocycles. The number of aryl methyl sites for hydroxylation is 1. The van der Waals surface area contributed by atoms with Crippen LogP contribution in [-0.4, -0.2) is 63.6 Å². The quantitative estimate of drug-likeness (QED) is 0.602. The molecule has 9 nitrogen and oxygen atoms in total. The maximum absolute atomic E-state index is 12.9. The first kappa shape index (κ1) is 23.7. The number of nitrogens with one attached hydrogen (secondary N) is 1. The van der Waals surface area contributed by atoms with Crippen LogP contribution in [0.5, 0.6) is 0 Å². The summed E-state index contributed by atoms with van der Waals surface area (Å²) in [6.07, 6.45) is 1.52. The van der Waals surface area contributed by atoms with Crippen LogP contribution in [0.4, 0.5) is 11.6 Å². The van der Waals surface area contributed by atoms with Crippen molar-refractivity contribution in [3.63, 3.8) is 0 Å². The largest absolute Gasteiger partial charge is 0.386 e. The van der Waals surface area contributed by atoms with Gasteiger partial charge in [0.1, 0.15) is 11.6 Å². The van der Waals surface area contributed by atoms with Crippen LogP contribution >= 0.6 is 0 Å². The van der Waals surface area contributed by atoms with Crippen molar-refractivity contribution in [2.45, 2.75) is 39.2 Å². The monoisotopic (exact) mass is 464 g/mol. The number of piperidine rings is 1. The van der Waals surface area contributed by atoms with E-state index in [0.717, 1.165) is 29.9 Å². The van der Waals surface area contributed by atoms with Crippen molar-refractivity contribution in [3.05, 3.63) is 53.2 Å². The van der Waals surface area contributed by atoms with E-state index in [0.29, 0.717) is 30.1 Å². The highest BCUT2D eigenvalue weighted by Crippen LogP contribution is 2.27. The molecule has 180 valence electrons. The van der Waals surface area contributed by atoms with Crippen LogP contribution in [0.2, 0.25) is 0 Å². The molecule has 3 aromatic rings. The summed E-state index contributed by atoms with van der Waals surface area (Å²) in [5, 5.41) is 17.6. The van der Waals surface area contributed by atoms with Crippen LogP contribution in [0.25, 0.3) is 5.65 Å². The van der Waals surface area contributed by atoms with Gasteiger partial charge in [-0.1, -0.05) is 12.1 Å². The van der Waals surface area contributed by atoms with Crippen LogP contribution in [0.3, 0.4) is 0 Å². The highest BCUT2D eigenvalue weighted by molar-refractivity contribution is 6.04. The predicted molar refractivity (Wildman–Crippen MR) is 131 cm³/mol. The van der Waals surface area contributed by atoms with Gasteiger partial charge in [-0.25, -0.2) is 4.98 Å². The molecule has 0 radical (unpaired) electrons. The lowest BCUT2D eigenvalue weighted by Crippen LogP contribution is -2.40. The van der Waals surface area contributed by atoms with E-state index in [2.05, 4.69) is 20.3 Å². The minimum atomic E-state index is -0.971. The maximum Gasteiger partial charge on any atom is 0.256 e. The number of hydrogen-bond acceptors (Lipinski definition) is 6. The predicted octanol–water partition coefficient (Wildman–Crippen LogP) is 2.82. The number of aliphatic hydroxyl groups is 1. The van der Waals surface area contributed by atoms with E-state index >= 15 is 0 Å². The molecule has 34 heavy (non-hydrogen) atoms. The molecule has 1 aromatic carbocycles. The third-order valence-corrected chi connectivity index (χ3v) is 6.23. The van der Waals surface area contributed by atoms with E-state index in [-0.39, 0.29) is 17.7 Å². The molecular weight excluding hydrogens is 432 g/mol. The highest BCUT2D eigenvalue weighted by Gasteiger charge is 2.28. The first-order valence-corrected chi connectivity index (χ1v) is 11.5. The Hall–Kier alpha value is -3.46. The summed E-state index contributed by atoms with van der Waals surface area (Å²) in [4.78, 5) is 33.7. The van der Waals surface area contributed by atoms with Crippen LogP contribution in [-0.2, 0) is 10.4 Å². The van der Waals surface area contributed by atoms with Crippen molar-refractivity contribution in [1.82, 2.24) is 19.5 Å². The second-order valence-electron chi connectivity index (χ2n) is 9.64. The number of carbonyl (C=O) groups excluding carboxylic acids is 2. The van der Waals surface area contributed by atoms with E-state index in [1.165, 1.54) is 0 Å². The Morgan fingerprint density at radius 1 is 1.12 bits per heavy atom. The molecule has 9 heteroatoms. The van der Waals surface area contributed by atoms with Gasteiger partial charge in [0.25, 0.3) is 5.91 Å². The minimum Gasteiger partial charge on any atom is -0.386 e. The van der Waals surface area contributed by atoms with E-state index < -0.39 is 5.60 Å². The Morgan fingerprint density at radius 2 is 1.76 bits per heavy atom. The fourth-order valence-corrected chi connectivity index (χ4v) is 4.30. The normalized spacial score (nSPS) is 14.9. The third kappa shape index (κ3) is 4.89. The molecule has 2 N–H and O–H groups in total. The SMILES string of the molecule is Cc1cc2nc(NC(=O)c3ccc(C(C)(C)O)cc3)cc(N3CCC(C(=O)N(C)C)CC3)n2n1. The van der Waals surface area contributed by atoms with Gasteiger partial charge in [0.15, 0.2) is 5.65 Å². The highest BCUT2D eigenvalue weighted by atomic mass is 16.3. The van der Waals surface area contributed by atoms with Gasteiger partial charge in [-0.3, -0.25) is 9.59 Å². The zero-order chi connectivity index (χ0) is 24.6. The minimum absolute atomic E-state index is 0.0222. The van der Waals surface area contributed by atoms with Gasteiger partial charge in [0.2, 0.25) is 5.91 Å². The zero-order valence-corrected chi connectivity index (χ0v) is 20.4. The van der Waals surface area contributed by atoms with Gasteiger partial charge in [-0.2, -0.15) is 9.61 Å². The lowest BCUT2D eigenvalue weighted by molar-refractivity contribution is -0.133. The van der Waals surface area contributed by atoms with Crippen LogP contribution in [0.1, 0.15) is 48.3 Å². The molecule has 1 fully saturated rings. The molecule has 0 bridgehead atoms. The Kier molecular flexibility index (Phi) is 6.31. The van der Waals surface area contributed by atoms with Crippen molar-refractivity contribution in [2.24, 2.45) is 5.92 Å². The molecule has 2 amide bonds. The average Bonchev–Trinajstić information content (AvgIpc) is 3.17. The van der Waals surface area contributed by atoms with Gasteiger partial charge in [0, 0.05) is 50.8 Å². The zero-order valence-electron chi connectivity index (χ0n) is 20.4. The Bertz CT molecular complexity index is 1200. The fourth-order valence-electron chi connectivity index (χ4n) is 4.30. The molecule has 4 rings (SSSR count). The first-order chi connectivity index (χ1) is 16.0. The molecule has 3 heterocycles. The van der Waals surface area contributed by atoms with Gasteiger partial charge in [0.05, 0.1) is 11.3 Å². The summed E-state index contributed by atoms with van der Waals surface area (Å²) in [6, 6.07) is 10.6. The Labute approximate surface area is 199 Å². The molecule has 1 aliphatic heterocycles. The van der Waals surface area contributed by atoms with Crippen LogP contribution < -0.4 is 10.2 Å². The standard InChI is InChI=1S/C25H32N6O3/c1-16-14-21-26-20(27-23(32)17-6-8-19(9-7-17)25(2,3)34)15-22(31(21)28-16)30-12-10-18(11-13-30)24(33)29(4)5/h6-9,14-15,18,34H,10-13H2,1-5H3,(H,26,27,32). The van der Waals surface area contributed by atoms with Crippen molar-refractivity contribution in [3.8, 4) is 0 Å². The average molecular weight is 465 g/mol.